The van der Waals surface area contributed by atoms with Crippen LogP contribution in [0.5, 0.6) is 0 Å². The van der Waals surface area contributed by atoms with E-state index in [-0.39, 0.29) is 22.9 Å². The van der Waals surface area contributed by atoms with E-state index in [0.29, 0.717) is 11.8 Å². The molecule has 1 N–H and O–H groups in total. The van der Waals surface area contributed by atoms with Gasteiger partial charge in [0.15, 0.2) is 5.82 Å². The molecule has 3 atom stereocenters. The van der Waals surface area contributed by atoms with Crippen molar-refractivity contribution in [2.75, 3.05) is 0 Å². The summed E-state index contributed by atoms with van der Waals surface area (Å²) in [7, 11) is 1.91. The van der Waals surface area contributed by atoms with Crippen LogP contribution in [-0.2, 0) is 17.4 Å². The van der Waals surface area contributed by atoms with Crippen molar-refractivity contribution in [2.24, 2.45) is 24.3 Å². The molecule has 4 aliphatic rings. The molecule has 0 spiro atoms. The van der Waals surface area contributed by atoms with Crippen LogP contribution in [0.25, 0.3) is 0 Å². The fourth-order valence-corrected chi connectivity index (χ4v) is 6.30. The van der Waals surface area contributed by atoms with Gasteiger partial charge in [-0.1, -0.05) is 0 Å². The average Bonchev–Trinajstić information content (AvgIpc) is 3.25. The largest absolute Gasteiger partial charge is 0.346 e. The first-order valence-corrected chi connectivity index (χ1v) is 9.50. The third kappa shape index (κ3) is 2.23. The number of rotatable bonds is 4. The maximum Gasteiger partial charge on any atom is 0.226 e. The van der Waals surface area contributed by atoms with Crippen molar-refractivity contribution in [3.05, 3.63) is 24.8 Å². The number of hydrogen-bond donors (Lipinski definition) is 1. The molecule has 4 bridgehead atoms. The van der Waals surface area contributed by atoms with Gasteiger partial charge in [0.1, 0.15) is 19.0 Å². The van der Waals surface area contributed by atoms with Crippen molar-refractivity contribution in [1.82, 2.24) is 34.8 Å². The molecule has 0 saturated heterocycles. The van der Waals surface area contributed by atoms with Crippen molar-refractivity contribution in [2.45, 2.75) is 57.0 Å². The van der Waals surface area contributed by atoms with Gasteiger partial charge in [0.25, 0.3) is 0 Å². The predicted molar refractivity (Wildman–Crippen MR) is 92.7 cm³/mol. The van der Waals surface area contributed by atoms with Crippen LogP contribution in [-0.4, -0.2) is 35.4 Å². The topological polar surface area (TPSA) is 90.5 Å². The minimum Gasteiger partial charge on any atom is -0.346 e. The van der Waals surface area contributed by atoms with Gasteiger partial charge in [-0.3, -0.25) is 4.79 Å². The predicted octanol–water partition coefficient (Wildman–Crippen LogP) is 1.58. The van der Waals surface area contributed by atoms with Crippen LogP contribution in [0.2, 0.25) is 0 Å². The third-order valence-electron chi connectivity index (χ3n) is 6.90. The van der Waals surface area contributed by atoms with E-state index in [2.05, 4.69) is 25.6 Å². The van der Waals surface area contributed by atoms with E-state index < -0.39 is 0 Å². The molecule has 6 rings (SSSR count). The molecule has 1 amide bonds. The Morgan fingerprint density at radius 2 is 2.04 bits per heavy atom. The summed E-state index contributed by atoms with van der Waals surface area (Å²) in [4.78, 5) is 17.6. The number of carbonyl (C=O) groups is 1. The highest BCUT2D eigenvalue weighted by atomic mass is 16.2. The van der Waals surface area contributed by atoms with Gasteiger partial charge in [0.05, 0.1) is 17.0 Å². The van der Waals surface area contributed by atoms with Gasteiger partial charge in [-0.2, -0.15) is 5.10 Å². The second-order valence-corrected chi connectivity index (χ2v) is 8.80. The molecule has 4 aliphatic carbocycles. The highest BCUT2D eigenvalue weighted by Gasteiger charge is 2.61. The molecule has 0 radical (unpaired) electrons. The van der Waals surface area contributed by atoms with Crippen molar-refractivity contribution in [1.29, 1.82) is 0 Å². The highest BCUT2D eigenvalue weighted by molar-refractivity contribution is 5.83. The van der Waals surface area contributed by atoms with E-state index in [4.69, 9.17) is 0 Å². The summed E-state index contributed by atoms with van der Waals surface area (Å²) >= 11 is 0. The molecule has 4 fully saturated rings. The Balaban J connectivity index is 1.43. The molecule has 3 unspecified atom stereocenters. The maximum atomic E-state index is 13.4. The Morgan fingerprint density at radius 1 is 1.27 bits per heavy atom. The summed E-state index contributed by atoms with van der Waals surface area (Å²) < 4.78 is 3.90. The Bertz CT molecular complexity index is 812. The van der Waals surface area contributed by atoms with E-state index >= 15 is 0 Å². The molecule has 0 aliphatic heterocycles. The standard InChI is InChI=1S/C18H25N7O/c1-12(15-23-20-11-24(15)2)22-16(26)17-4-13-3-14(5-17)7-18(6-13,8-17)25-10-19-9-21-25/h9-14H,3-8H2,1-2H3,(H,22,26). The Hall–Kier alpha value is -2.25. The Labute approximate surface area is 152 Å². The summed E-state index contributed by atoms with van der Waals surface area (Å²) in [6.45, 7) is 1.98. The average molecular weight is 355 g/mol. The number of aromatic nitrogens is 6. The second-order valence-electron chi connectivity index (χ2n) is 8.80. The SMILES string of the molecule is CC(NC(=O)C12CC3CC(C1)CC(n1cncn1)(C3)C2)c1nncn1C. The maximum absolute atomic E-state index is 13.4. The first kappa shape index (κ1) is 16.0. The van der Waals surface area contributed by atoms with Crippen LogP contribution in [0.15, 0.2) is 19.0 Å². The lowest BCUT2D eigenvalue weighted by molar-refractivity contribution is -0.156. The van der Waals surface area contributed by atoms with Crippen molar-refractivity contribution < 1.29 is 4.79 Å². The van der Waals surface area contributed by atoms with E-state index in [0.717, 1.165) is 37.9 Å². The molecule has 2 aromatic rings. The highest BCUT2D eigenvalue weighted by Crippen LogP contribution is 2.64. The zero-order valence-electron chi connectivity index (χ0n) is 15.3. The van der Waals surface area contributed by atoms with E-state index in [1.807, 2.05) is 29.5 Å². The van der Waals surface area contributed by atoms with Gasteiger partial charge in [0, 0.05) is 7.05 Å². The van der Waals surface area contributed by atoms with Crippen molar-refractivity contribution >= 4 is 5.91 Å². The molecule has 8 nitrogen and oxygen atoms in total. The lowest BCUT2D eigenvalue weighted by Gasteiger charge is -2.61. The van der Waals surface area contributed by atoms with Crippen LogP contribution in [0.1, 0.15) is 57.3 Å². The van der Waals surface area contributed by atoms with Gasteiger partial charge < -0.3 is 9.88 Å². The van der Waals surface area contributed by atoms with Crippen molar-refractivity contribution in [3.63, 3.8) is 0 Å². The van der Waals surface area contributed by atoms with Crippen LogP contribution < -0.4 is 5.32 Å². The van der Waals surface area contributed by atoms with Gasteiger partial charge in [-0.25, -0.2) is 9.67 Å². The van der Waals surface area contributed by atoms with E-state index in [1.54, 1.807) is 12.7 Å². The molecular formula is C18H25N7O. The number of amides is 1. The molecule has 0 aromatic carbocycles. The summed E-state index contributed by atoms with van der Waals surface area (Å²) in [5.74, 6) is 2.17. The fraction of sp³-hybridized carbons (Fsp3) is 0.722. The van der Waals surface area contributed by atoms with Gasteiger partial charge in [-0.15, -0.1) is 10.2 Å². The summed E-state index contributed by atoms with van der Waals surface area (Å²) in [5.41, 5.74) is -0.325. The minimum absolute atomic E-state index is 0.0358. The molecule has 4 saturated carbocycles. The summed E-state index contributed by atoms with van der Waals surface area (Å²) in [6, 6.07) is -0.148. The van der Waals surface area contributed by atoms with Crippen LogP contribution in [0.4, 0.5) is 0 Å². The first-order valence-electron chi connectivity index (χ1n) is 9.50. The second kappa shape index (κ2) is 5.37. The zero-order chi connectivity index (χ0) is 17.9. The van der Waals surface area contributed by atoms with Crippen LogP contribution >= 0.6 is 0 Å². The van der Waals surface area contributed by atoms with Gasteiger partial charge >= 0.3 is 0 Å². The third-order valence-corrected chi connectivity index (χ3v) is 6.90. The van der Waals surface area contributed by atoms with Crippen LogP contribution in [0, 0.1) is 17.3 Å². The minimum atomic E-state index is -0.289. The molecular weight excluding hydrogens is 330 g/mol. The van der Waals surface area contributed by atoms with Gasteiger partial charge in [-0.05, 0) is 57.3 Å². The Kier molecular flexibility index (Phi) is 3.30. The zero-order valence-corrected chi connectivity index (χ0v) is 15.3. The number of carbonyl (C=O) groups excluding carboxylic acids is 1. The lowest BCUT2D eigenvalue weighted by atomic mass is 9.46. The Morgan fingerprint density at radius 3 is 2.65 bits per heavy atom. The quantitative estimate of drug-likeness (QED) is 0.899. The molecule has 8 heteroatoms. The number of nitrogens with one attached hydrogen (secondary N) is 1. The first-order chi connectivity index (χ1) is 12.5. The summed E-state index contributed by atoms with van der Waals surface area (Å²) in [6.07, 6.45) is 11.5. The van der Waals surface area contributed by atoms with E-state index in [9.17, 15) is 4.79 Å². The lowest BCUT2D eigenvalue weighted by Crippen LogP contribution is -2.61. The number of nitrogens with zero attached hydrogens (tertiary/aromatic N) is 6. The smallest absolute Gasteiger partial charge is 0.226 e. The fourth-order valence-electron chi connectivity index (χ4n) is 6.30. The normalized spacial score (nSPS) is 36.2. The molecule has 26 heavy (non-hydrogen) atoms. The molecule has 2 aromatic heterocycles. The van der Waals surface area contributed by atoms with Crippen LogP contribution in [0.3, 0.4) is 0 Å². The summed E-state index contributed by atoms with van der Waals surface area (Å²) in [5, 5.41) is 15.8. The number of hydrogen-bond acceptors (Lipinski definition) is 5. The van der Waals surface area contributed by atoms with Crippen molar-refractivity contribution in [3.8, 4) is 0 Å². The monoisotopic (exact) mass is 355 g/mol. The van der Waals surface area contributed by atoms with Gasteiger partial charge in [0.2, 0.25) is 5.91 Å². The van der Waals surface area contributed by atoms with E-state index in [1.165, 1.54) is 6.42 Å². The molecule has 2 heterocycles. The number of aryl methyl sites for hydroxylation is 1. The molecule has 138 valence electrons.